The van der Waals surface area contributed by atoms with E-state index in [0.29, 0.717) is 17.5 Å². The zero-order chi connectivity index (χ0) is 34.2. The predicted molar refractivity (Wildman–Crippen MR) is 213 cm³/mol. The Morgan fingerprint density at radius 1 is 0.404 bits per heavy atom. The Bertz CT molecular complexity index is 3180. The van der Waals surface area contributed by atoms with E-state index in [-0.39, 0.29) is 0 Å². The fourth-order valence-electron chi connectivity index (χ4n) is 7.85. The lowest BCUT2D eigenvalue weighted by atomic mass is 9.96. The second-order valence-corrected chi connectivity index (χ2v) is 13.2. The van der Waals surface area contributed by atoms with E-state index in [2.05, 4.69) is 144 Å². The Hall–Kier alpha value is -7.11. The van der Waals surface area contributed by atoms with Gasteiger partial charge in [0.1, 0.15) is 11.2 Å². The molecule has 11 rings (SSSR count). The van der Waals surface area contributed by atoms with Gasteiger partial charge in [-0.15, -0.1) is 0 Å². The summed E-state index contributed by atoms with van der Waals surface area (Å²) in [4.78, 5) is 15.6. The molecule has 0 N–H and O–H groups in total. The maximum Gasteiger partial charge on any atom is 0.164 e. The first-order chi connectivity index (χ1) is 25.8. The molecule has 0 saturated heterocycles. The fraction of sp³-hybridized carbons (Fsp3) is 0. The van der Waals surface area contributed by atoms with E-state index in [9.17, 15) is 0 Å². The summed E-state index contributed by atoms with van der Waals surface area (Å²) < 4.78 is 9.14. The number of nitrogens with zero attached hydrogens (tertiary/aromatic N) is 4. The smallest absolute Gasteiger partial charge is 0.164 e. The number of rotatable bonds is 4. The van der Waals surface area contributed by atoms with E-state index >= 15 is 0 Å². The van der Waals surface area contributed by atoms with Gasteiger partial charge in [-0.1, -0.05) is 127 Å². The van der Waals surface area contributed by atoms with Crippen molar-refractivity contribution in [2.45, 2.75) is 0 Å². The SMILES string of the molecule is c1ccc(-c2nc(-c3ccc4ccccc4c3)nc(-c3cc4c(c5ccccc5n4-c4ccccc4)c4c3ccc3c5ccccc5oc34)n2)cc1. The van der Waals surface area contributed by atoms with Gasteiger partial charge in [0.15, 0.2) is 17.5 Å². The monoisotopic (exact) mass is 664 g/mol. The van der Waals surface area contributed by atoms with Crippen LogP contribution in [0.5, 0.6) is 0 Å². The molecule has 0 spiro atoms. The molecule has 0 unspecified atom stereocenters. The molecule has 0 aliphatic heterocycles. The van der Waals surface area contributed by atoms with Crippen LogP contribution in [0.1, 0.15) is 0 Å². The number of hydrogen-bond donors (Lipinski definition) is 0. The predicted octanol–water partition coefficient (Wildman–Crippen LogP) is 12.2. The van der Waals surface area contributed by atoms with Crippen molar-refractivity contribution < 1.29 is 4.42 Å². The number of benzene rings is 8. The molecular weight excluding hydrogens is 637 g/mol. The third-order valence-electron chi connectivity index (χ3n) is 10.2. The van der Waals surface area contributed by atoms with Gasteiger partial charge in [-0.3, -0.25) is 0 Å². The number of hydrogen-bond acceptors (Lipinski definition) is 4. The van der Waals surface area contributed by atoms with Crippen molar-refractivity contribution in [3.8, 4) is 39.9 Å². The second-order valence-electron chi connectivity index (χ2n) is 13.2. The summed E-state index contributed by atoms with van der Waals surface area (Å²) >= 11 is 0. The normalized spacial score (nSPS) is 11.8. The molecule has 5 nitrogen and oxygen atoms in total. The lowest BCUT2D eigenvalue weighted by molar-refractivity contribution is 0.673. The Morgan fingerprint density at radius 2 is 1.06 bits per heavy atom. The van der Waals surface area contributed by atoms with Crippen molar-refractivity contribution in [2.75, 3.05) is 0 Å². The van der Waals surface area contributed by atoms with Crippen LogP contribution in [-0.4, -0.2) is 19.5 Å². The van der Waals surface area contributed by atoms with Crippen LogP contribution in [0.2, 0.25) is 0 Å². The molecule has 0 saturated carbocycles. The van der Waals surface area contributed by atoms with Crippen molar-refractivity contribution in [3.63, 3.8) is 0 Å². The van der Waals surface area contributed by atoms with E-state index in [1.807, 2.05) is 30.3 Å². The highest BCUT2D eigenvalue weighted by Gasteiger charge is 2.23. The van der Waals surface area contributed by atoms with Crippen LogP contribution >= 0.6 is 0 Å². The lowest BCUT2D eigenvalue weighted by Crippen LogP contribution is -2.01. The van der Waals surface area contributed by atoms with Crippen LogP contribution in [0, 0.1) is 0 Å². The molecule has 0 atom stereocenters. The zero-order valence-corrected chi connectivity index (χ0v) is 27.9. The van der Waals surface area contributed by atoms with Crippen LogP contribution in [0.3, 0.4) is 0 Å². The molecule has 5 heteroatoms. The van der Waals surface area contributed by atoms with Crippen LogP contribution in [-0.2, 0) is 0 Å². The Labute approximate surface area is 298 Å². The third-order valence-corrected chi connectivity index (χ3v) is 10.2. The molecule has 3 aromatic heterocycles. The second kappa shape index (κ2) is 11.2. The number of aromatic nitrogens is 4. The molecule has 8 aromatic carbocycles. The van der Waals surface area contributed by atoms with E-state index in [1.165, 1.54) is 5.39 Å². The molecule has 0 radical (unpaired) electrons. The van der Waals surface area contributed by atoms with Gasteiger partial charge >= 0.3 is 0 Å². The molecule has 0 fully saturated rings. The first-order valence-electron chi connectivity index (χ1n) is 17.5. The first kappa shape index (κ1) is 28.7. The van der Waals surface area contributed by atoms with E-state index < -0.39 is 0 Å². The van der Waals surface area contributed by atoms with Crippen molar-refractivity contribution in [1.29, 1.82) is 0 Å². The lowest BCUT2D eigenvalue weighted by Gasteiger charge is -2.13. The van der Waals surface area contributed by atoms with Crippen LogP contribution < -0.4 is 0 Å². The summed E-state index contributed by atoms with van der Waals surface area (Å²) in [6.45, 7) is 0. The molecule has 3 heterocycles. The molecule has 11 aromatic rings. The minimum Gasteiger partial charge on any atom is -0.455 e. The first-order valence-corrected chi connectivity index (χ1v) is 17.5. The molecule has 242 valence electrons. The highest BCUT2D eigenvalue weighted by molar-refractivity contribution is 6.31. The van der Waals surface area contributed by atoms with Crippen LogP contribution in [0.4, 0.5) is 0 Å². The van der Waals surface area contributed by atoms with Gasteiger partial charge in [0.2, 0.25) is 0 Å². The standard InChI is InChI=1S/C47H28N4O/c1-3-14-30(15-4-1)45-48-46(32-24-23-29-13-7-8-16-31(29)27-32)50-47(49-45)38-28-40-42(37-20-9-11-21-39(37)51(40)33-17-5-2-6-18-33)43-35(38)25-26-36-34-19-10-12-22-41(34)52-44(36)43/h1-28H. The molecule has 52 heavy (non-hydrogen) atoms. The van der Waals surface area contributed by atoms with Crippen molar-refractivity contribution in [1.82, 2.24) is 19.5 Å². The minimum atomic E-state index is 0.601. The minimum absolute atomic E-state index is 0.601. The molecule has 0 aliphatic rings. The van der Waals surface area contributed by atoms with Crippen molar-refractivity contribution >= 4 is 65.3 Å². The van der Waals surface area contributed by atoms with Crippen LogP contribution in [0.15, 0.2) is 174 Å². The summed E-state index contributed by atoms with van der Waals surface area (Å²) in [7, 11) is 0. The molecule has 0 bridgehead atoms. The number of fused-ring (bicyclic) bond motifs is 10. The summed E-state index contributed by atoms with van der Waals surface area (Å²) in [6, 6.07) is 59.0. The fourth-order valence-corrected chi connectivity index (χ4v) is 7.85. The van der Waals surface area contributed by atoms with Crippen molar-refractivity contribution in [3.05, 3.63) is 170 Å². The van der Waals surface area contributed by atoms with Gasteiger partial charge in [-0.05, 0) is 58.6 Å². The number of furan rings is 1. The maximum absolute atomic E-state index is 6.79. The quantitative estimate of drug-likeness (QED) is 0.188. The van der Waals surface area contributed by atoms with Crippen LogP contribution in [0.25, 0.3) is 105 Å². The summed E-state index contributed by atoms with van der Waals surface area (Å²) in [6.07, 6.45) is 0. The Kier molecular flexibility index (Phi) is 6.18. The van der Waals surface area contributed by atoms with Gasteiger partial charge in [-0.25, -0.2) is 15.0 Å². The average molecular weight is 665 g/mol. The van der Waals surface area contributed by atoms with Gasteiger partial charge < -0.3 is 8.98 Å². The topological polar surface area (TPSA) is 56.7 Å². The van der Waals surface area contributed by atoms with E-state index in [4.69, 9.17) is 19.4 Å². The van der Waals surface area contributed by atoms with E-state index in [0.717, 1.165) is 82.3 Å². The van der Waals surface area contributed by atoms with E-state index in [1.54, 1.807) is 0 Å². The summed E-state index contributed by atoms with van der Waals surface area (Å²) in [5.74, 6) is 1.84. The molecular formula is C47H28N4O. The van der Waals surface area contributed by atoms with Gasteiger partial charge in [0, 0.05) is 49.3 Å². The largest absolute Gasteiger partial charge is 0.455 e. The highest BCUT2D eigenvalue weighted by Crippen LogP contribution is 2.45. The maximum atomic E-state index is 6.79. The Balaban J connectivity index is 1.30. The third kappa shape index (κ3) is 4.33. The molecule has 0 aliphatic carbocycles. The Morgan fingerprint density at radius 3 is 1.90 bits per heavy atom. The zero-order valence-electron chi connectivity index (χ0n) is 27.9. The average Bonchev–Trinajstić information content (AvgIpc) is 3.77. The number of para-hydroxylation sites is 3. The molecule has 0 amide bonds. The van der Waals surface area contributed by atoms with Gasteiger partial charge in [0.25, 0.3) is 0 Å². The van der Waals surface area contributed by atoms with Crippen molar-refractivity contribution in [2.24, 2.45) is 0 Å². The summed E-state index contributed by atoms with van der Waals surface area (Å²) in [5.41, 5.74) is 7.73. The summed E-state index contributed by atoms with van der Waals surface area (Å²) in [5, 5.41) is 8.83. The van der Waals surface area contributed by atoms with Gasteiger partial charge in [0.05, 0.1) is 11.0 Å². The van der Waals surface area contributed by atoms with Gasteiger partial charge in [-0.2, -0.15) is 0 Å². The highest BCUT2D eigenvalue weighted by atomic mass is 16.3.